The second-order valence-electron chi connectivity index (χ2n) is 4.70. The van der Waals surface area contributed by atoms with Crippen LogP contribution in [0.5, 0.6) is 5.75 Å². The van der Waals surface area contributed by atoms with Crippen LogP contribution in [0.2, 0.25) is 0 Å². The minimum absolute atomic E-state index is 0.532. The van der Waals surface area contributed by atoms with Crippen LogP contribution in [0.3, 0.4) is 0 Å². The third kappa shape index (κ3) is 3.21. The zero-order chi connectivity index (χ0) is 13.1. The molecule has 1 aromatic heterocycles. The highest BCUT2D eigenvalue weighted by atomic mass is 32.1. The Balaban J connectivity index is 2.27. The van der Waals surface area contributed by atoms with Gasteiger partial charge in [-0.25, -0.2) is 0 Å². The van der Waals surface area contributed by atoms with Gasteiger partial charge in [-0.2, -0.15) is 0 Å². The fourth-order valence-corrected chi connectivity index (χ4v) is 2.91. The molecule has 0 spiro atoms. The summed E-state index contributed by atoms with van der Waals surface area (Å²) in [7, 11) is 0. The van der Waals surface area contributed by atoms with Crippen LogP contribution in [0.15, 0.2) is 24.3 Å². The van der Waals surface area contributed by atoms with Crippen LogP contribution < -0.4 is 4.74 Å². The summed E-state index contributed by atoms with van der Waals surface area (Å²) < 4.78 is 6.56. The van der Waals surface area contributed by atoms with Gasteiger partial charge in [0.1, 0.15) is 5.75 Å². The maximum Gasteiger partial charge on any atom is 0.159 e. The Hall–Kier alpha value is -1.13. The normalized spacial score (nSPS) is 10.9. The van der Waals surface area contributed by atoms with Gasteiger partial charge in [-0.1, -0.05) is 26.0 Å². The van der Waals surface area contributed by atoms with E-state index >= 15 is 0 Å². The molecule has 0 aliphatic carbocycles. The summed E-state index contributed by atoms with van der Waals surface area (Å²) >= 11 is 6.77. The Kier molecular flexibility index (Phi) is 4.19. The van der Waals surface area contributed by atoms with Crippen LogP contribution >= 0.6 is 23.6 Å². The van der Waals surface area contributed by atoms with Crippen LogP contribution in [0.1, 0.15) is 19.5 Å². The number of aromatic nitrogens is 1. The van der Waals surface area contributed by atoms with Crippen molar-refractivity contribution in [2.24, 2.45) is 5.92 Å². The number of benzene rings is 1. The third-order valence-corrected chi connectivity index (χ3v) is 3.89. The molecule has 2 rings (SSSR count). The predicted molar refractivity (Wildman–Crippen MR) is 80.0 cm³/mol. The molecule has 0 saturated carbocycles. The van der Waals surface area contributed by atoms with E-state index in [1.54, 1.807) is 11.3 Å². The van der Waals surface area contributed by atoms with Crippen molar-refractivity contribution in [3.8, 4) is 16.2 Å². The van der Waals surface area contributed by atoms with Crippen molar-refractivity contribution in [2.45, 2.75) is 20.8 Å². The largest absolute Gasteiger partial charge is 0.493 e. The molecule has 0 saturated heterocycles. The minimum Gasteiger partial charge on any atom is -0.493 e. The van der Waals surface area contributed by atoms with Crippen molar-refractivity contribution in [3.05, 3.63) is 33.9 Å². The smallest absolute Gasteiger partial charge is 0.159 e. The summed E-state index contributed by atoms with van der Waals surface area (Å²) in [6, 6.07) is 8.17. The Bertz CT molecular complexity index is 583. The zero-order valence-corrected chi connectivity index (χ0v) is 12.5. The fraction of sp³-hybridized carbons (Fsp3) is 0.357. The first-order valence-electron chi connectivity index (χ1n) is 5.99. The number of aromatic amines is 1. The zero-order valence-electron chi connectivity index (χ0n) is 10.8. The lowest BCUT2D eigenvalue weighted by atomic mass is 10.1. The van der Waals surface area contributed by atoms with E-state index in [-0.39, 0.29) is 0 Å². The van der Waals surface area contributed by atoms with Gasteiger partial charge in [0.05, 0.1) is 11.5 Å². The van der Waals surface area contributed by atoms with Crippen molar-refractivity contribution < 1.29 is 4.74 Å². The predicted octanol–water partition coefficient (Wildman–Crippen LogP) is 4.82. The maximum atomic E-state index is 5.74. The number of rotatable bonds is 4. The Labute approximate surface area is 117 Å². The van der Waals surface area contributed by atoms with E-state index in [0.717, 1.165) is 27.6 Å². The number of hydrogen-bond donors (Lipinski definition) is 1. The second-order valence-corrected chi connectivity index (χ2v) is 6.39. The molecule has 0 aliphatic rings. The lowest BCUT2D eigenvalue weighted by Crippen LogP contribution is -2.04. The monoisotopic (exact) mass is 279 g/mol. The van der Waals surface area contributed by atoms with E-state index in [0.29, 0.717) is 5.92 Å². The van der Waals surface area contributed by atoms with Gasteiger partial charge in [0, 0.05) is 5.69 Å². The number of aryl methyl sites for hydroxylation is 1. The average molecular weight is 279 g/mol. The standard InChI is InChI=1S/C14H17NOS2/c1-9(2)8-16-12-6-4-5-11(7-12)13-10(3)15-14(17)18-13/h4-7,9H,8H2,1-3H3,(H,15,17). The van der Waals surface area contributed by atoms with E-state index in [1.165, 1.54) is 4.88 Å². The number of nitrogens with one attached hydrogen (secondary N) is 1. The number of H-pyrrole nitrogens is 1. The van der Waals surface area contributed by atoms with Crippen molar-refractivity contribution in [2.75, 3.05) is 6.61 Å². The summed E-state index contributed by atoms with van der Waals surface area (Å²) in [5.74, 6) is 1.45. The number of hydrogen-bond acceptors (Lipinski definition) is 3. The fourth-order valence-electron chi connectivity index (χ4n) is 1.67. The van der Waals surface area contributed by atoms with Gasteiger partial charge in [-0.3, -0.25) is 0 Å². The molecule has 1 N–H and O–H groups in total. The van der Waals surface area contributed by atoms with Gasteiger partial charge in [0.15, 0.2) is 3.95 Å². The average Bonchev–Trinajstić information content (AvgIpc) is 2.66. The molecule has 0 radical (unpaired) electrons. The molecule has 96 valence electrons. The Morgan fingerprint density at radius 3 is 2.78 bits per heavy atom. The molecule has 18 heavy (non-hydrogen) atoms. The van der Waals surface area contributed by atoms with Crippen molar-refractivity contribution in [1.29, 1.82) is 0 Å². The number of thiazole rings is 1. The second kappa shape index (κ2) is 5.67. The van der Waals surface area contributed by atoms with Gasteiger partial charge in [-0.15, -0.1) is 11.3 Å². The lowest BCUT2D eigenvalue weighted by Gasteiger charge is -2.09. The highest BCUT2D eigenvalue weighted by Crippen LogP contribution is 2.30. The number of ether oxygens (including phenoxy) is 1. The van der Waals surface area contributed by atoms with E-state index < -0.39 is 0 Å². The SMILES string of the molecule is Cc1[nH]c(=S)sc1-c1cccc(OCC(C)C)c1. The molecule has 0 aliphatic heterocycles. The van der Waals surface area contributed by atoms with Crippen molar-refractivity contribution in [3.63, 3.8) is 0 Å². The molecular weight excluding hydrogens is 262 g/mol. The van der Waals surface area contributed by atoms with E-state index in [4.69, 9.17) is 17.0 Å². The van der Waals surface area contributed by atoms with Crippen LogP contribution in [-0.2, 0) is 0 Å². The highest BCUT2D eigenvalue weighted by Gasteiger charge is 2.06. The molecule has 4 heteroatoms. The first kappa shape index (κ1) is 13.3. The summed E-state index contributed by atoms with van der Waals surface area (Å²) in [6.45, 7) is 7.08. The highest BCUT2D eigenvalue weighted by molar-refractivity contribution is 7.73. The van der Waals surface area contributed by atoms with Crippen molar-refractivity contribution >= 4 is 23.6 Å². The molecule has 2 nitrogen and oxygen atoms in total. The topological polar surface area (TPSA) is 25.0 Å². The molecule has 0 bridgehead atoms. The Morgan fingerprint density at radius 2 is 2.17 bits per heavy atom. The molecule has 1 heterocycles. The molecule has 0 unspecified atom stereocenters. The molecule has 0 atom stereocenters. The first-order valence-corrected chi connectivity index (χ1v) is 7.21. The third-order valence-electron chi connectivity index (χ3n) is 2.50. The first-order chi connectivity index (χ1) is 8.56. The molecule has 0 fully saturated rings. The van der Waals surface area contributed by atoms with Gasteiger partial charge in [0.2, 0.25) is 0 Å². The van der Waals surface area contributed by atoms with E-state index in [1.807, 2.05) is 19.1 Å². The summed E-state index contributed by atoms with van der Waals surface area (Å²) in [5.41, 5.74) is 2.28. The maximum absolute atomic E-state index is 5.74. The van der Waals surface area contributed by atoms with E-state index in [2.05, 4.69) is 31.0 Å². The van der Waals surface area contributed by atoms with E-state index in [9.17, 15) is 0 Å². The molecule has 1 aromatic carbocycles. The summed E-state index contributed by atoms with van der Waals surface area (Å²) in [6.07, 6.45) is 0. The molecular formula is C14H17NOS2. The van der Waals surface area contributed by atoms with Gasteiger partial charge < -0.3 is 9.72 Å². The van der Waals surface area contributed by atoms with Gasteiger partial charge in [-0.05, 0) is 42.8 Å². The summed E-state index contributed by atoms with van der Waals surface area (Å²) in [5, 5.41) is 0. The van der Waals surface area contributed by atoms with Crippen LogP contribution in [0.25, 0.3) is 10.4 Å². The molecule has 2 aromatic rings. The van der Waals surface area contributed by atoms with Gasteiger partial charge in [0.25, 0.3) is 0 Å². The minimum atomic E-state index is 0.532. The van der Waals surface area contributed by atoms with Crippen LogP contribution in [0.4, 0.5) is 0 Å². The van der Waals surface area contributed by atoms with Gasteiger partial charge >= 0.3 is 0 Å². The van der Waals surface area contributed by atoms with Crippen LogP contribution in [0, 0.1) is 16.8 Å². The Morgan fingerprint density at radius 1 is 1.39 bits per heavy atom. The lowest BCUT2D eigenvalue weighted by molar-refractivity contribution is 0.271. The summed E-state index contributed by atoms with van der Waals surface area (Å²) in [4.78, 5) is 4.36. The van der Waals surface area contributed by atoms with Crippen LogP contribution in [-0.4, -0.2) is 11.6 Å². The molecule has 0 amide bonds. The van der Waals surface area contributed by atoms with Crippen molar-refractivity contribution in [1.82, 2.24) is 4.98 Å². The quantitative estimate of drug-likeness (QED) is 0.812.